The largest absolute Gasteiger partial charge is 0.453 e. The maximum Gasteiger partial charge on any atom is 0.188 e. The number of ether oxygens (including phenoxy) is 1. The van der Waals surface area contributed by atoms with Crippen LogP contribution in [0, 0.1) is 5.82 Å². The molecule has 0 spiro atoms. The van der Waals surface area contributed by atoms with Crippen molar-refractivity contribution in [3.63, 3.8) is 0 Å². The lowest BCUT2D eigenvalue weighted by Gasteiger charge is -2.06. The predicted molar refractivity (Wildman–Crippen MR) is 63.2 cm³/mol. The topological polar surface area (TPSA) is 80.7 Å². The second-order valence-corrected chi connectivity index (χ2v) is 3.40. The van der Waals surface area contributed by atoms with Gasteiger partial charge in [-0.3, -0.25) is 0 Å². The van der Waals surface area contributed by atoms with E-state index < -0.39 is 5.82 Å². The van der Waals surface area contributed by atoms with E-state index in [9.17, 15) is 4.39 Å². The Morgan fingerprint density at radius 1 is 1.28 bits per heavy atom. The van der Waals surface area contributed by atoms with Gasteiger partial charge in [0.15, 0.2) is 17.4 Å². The van der Waals surface area contributed by atoms with Crippen molar-refractivity contribution in [2.45, 2.75) is 0 Å². The molecular formula is C12H10FN3O2. The van der Waals surface area contributed by atoms with Gasteiger partial charge in [0, 0.05) is 0 Å². The zero-order chi connectivity index (χ0) is 13.0. The molecule has 0 saturated carbocycles. The number of para-hydroxylation sites is 1. The Hall–Kier alpha value is -2.63. The fourth-order valence-electron chi connectivity index (χ4n) is 1.30. The van der Waals surface area contributed by atoms with Crippen LogP contribution in [0.3, 0.4) is 0 Å². The van der Waals surface area contributed by atoms with Crippen molar-refractivity contribution in [2.24, 2.45) is 10.9 Å². The summed E-state index contributed by atoms with van der Waals surface area (Å²) >= 11 is 0. The van der Waals surface area contributed by atoms with Crippen LogP contribution in [0.25, 0.3) is 0 Å². The van der Waals surface area contributed by atoms with Crippen molar-refractivity contribution >= 4 is 5.84 Å². The number of rotatable bonds is 3. The van der Waals surface area contributed by atoms with E-state index in [1.165, 1.54) is 24.4 Å². The molecule has 92 valence electrons. The number of aromatic nitrogens is 1. The number of oxime groups is 1. The molecule has 0 amide bonds. The van der Waals surface area contributed by atoms with E-state index in [0.29, 0.717) is 11.4 Å². The fraction of sp³-hybridized carbons (Fsp3) is 0. The summed E-state index contributed by atoms with van der Waals surface area (Å²) in [5.74, 6) is -0.101. The van der Waals surface area contributed by atoms with Gasteiger partial charge in [0.25, 0.3) is 0 Å². The monoisotopic (exact) mass is 247 g/mol. The SMILES string of the molecule is N/C(=N/O)c1ccc(Oc2ccccc2F)cn1. The van der Waals surface area contributed by atoms with Gasteiger partial charge in [0.1, 0.15) is 11.4 Å². The van der Waals surface area contributed by atoms with Gasteiger partial charge in [-0.1, -0.05) is 17.3 Å². The third-order valence-corrected chi connectivity index (χ3v) is 2.17. The molecule has 0 aliphatic heterocycles. The lowest BCUT2D eigenvalue weighted by atomic mass is 10.3. The van der Waals surface area contributed by atoms with Gasteiger partial charge in [-0.05, 0) is 24.3 Å². The minimum absolute atomic E-state index is 0.104. The number of benzene rings is 1. The Morgan fingerprint density at radius 2 is 2.06 bits per heavy atom. The van der Waals surface area contributed by atoms with Gasteiger partial charge in [-0.15, -0.1) is 0 Å². The van der Waals surface area contributed by atoms with E-state index >= 15 is 0 Å². The van der Waals surface area contributed by atoms with Gasteiger partial charge >= 0.3 is 0 Å². The lowest BCUT2D eigenvalue weighted by molar-refractivity contribution is 0.318. The normalized spacial score (nSPS) is 11.3. The van der Waals surface area contributed by atoms with Crippen LogP contribution < -0.4 is 10.5 Å². The van der Waals surface area contributed by atoms with E-state index in [2.05, 4.69) is 10.1 Å². The van der Waals surface area contributed by atoms with Gasteiger partial charge in [0.2, 0.25) is 0 Å². The van der Waals surface area contributed by atoms with E-state index in [1.54, 1.807) is 18.2 Å². The van der Waals surface area contributed by atoms with E-state index in [0.717, 1.165) is 0 Å². The number of hydrogen-bond donors (Lipinski definition) is 2. The molecule has 6 heteroatoms. The van der Waals surface area contributed by atoms with Crippen LogP contribution in [-0.2, 0) is 0 Å². The van der Waals surface area contributed by atoms with Crippen LogP contribution in [0.2, 0.25) is 0 Å². The molecule has 0 bridgehead atoms. The van der Waals surface area contributed by atoms with Crippen molar-refractivity contribution in [1.82, 2.24) is 4.98 Å². The Bertz CT molecular complexity index is 570. The third-order valence-electron chi connectivity index (χ3n) is 2.17. The molecule has 1 aromatic carbocycles. The van der Waals surface area contributed by atoms with E-state index in [1.807, 2.05) is 0 Å². The van der Waals surface area contributed by atoms with Crippen LogP contribution in [0.4, 0.5) is 4.39 Å². The molecule has 0 aliphatic rings. The van der Waals surface area contributed by atoms with E-state index in [4.69, 9.17) is 15.7 Å². The van der Waals surface area contributed by atoms with Crippen molar-refractivity contribution in [2.75, 3.05) is 0 Å². The maximum absolute atomic E-state index is 13.3. The molecule has 5 nitrogen and oxygen atoms in total. The summed E-state index contributed by atoms with van der Waals surface area (Å²) in [6.07, 6.45) is 1.36. The Balaban J connectivity index is 2.19. The zero-order valence-electron chi connectivity index (χ0n) is 9.25. The Morgan fingerprint density at radius 3 is 2.67 bits per heavy atom. The molecule has 0 saturated heterocycles. The average molecular weight is 247 g/mol. The summed E-state index contributed by atoms with van der Waals surface area (Å²) in [5, 5.41) is 11.3. The predicted octanol–water partition coefficient (Wildman–Crippen LogP) is 2.11. The van der Waals surface area contributed by atoms with Gasteiger partial charge in [0.05, 0.1) is 6.20 Å². The van der Waals surface area contributed by atoms with Crippen LogP contribution in [0.5, 0.6) is 11.5 Å². The molecule has 1 aromatic heterocycles. The highest BCUT2D eigenvalue weighted by Gasteiger charge is 2.05. The molecule has 2 rings (SSSR count). The number of pyridine rings is 1. The molecule has 0 radical (unpaired) electrons. The summed E-state index contributed by atoms with van der Waals surface area (Å²) in [5.41, 5.74) is 5.66. The summed E-state index contributed by atoms with van der Waals surface area (Å²) in [6.45, 7) is 0. The fourth-order valence-corrected chi connectivity index (χ4v) is 1.30. The highest BCUT2D eigenvalue weighted by molar-refractivity contribution is 5.95. The van der Waals surface area contributed by atoms with Crippen molar-refractivity contribution in [3.8, 4) is 11.5 Å². The second kappa shape index (κ2) is 5.13. The molecular weight excluding hydrogens is 237 g/mol. The lowest BCUT2D eigenvalue weighted by Crippen LogP contribution is -2.14. The van der Waals surface area contributed by atoms with Crippen molar-refractivity contribution in [1.29, 1.82) is 0 Å². The van der Waals surface area contributed by atoms with E-state index in [-0.39, 0.29) is 11.6 Å². The second-order valence-electron chi connectivity index (χ2n) is 3.40. The molecule has 2 aromatic rings. The number of halogens is 1. The Kier molecular flexibility index (Phi) is 3.38. The highest BCUT2D eigenvalue weighted by Crippen LogP contribution is 2.23. The molecule has 0 fully saturated rings. The summed E-state index contributed by atoms with van der Waals surface area (Å²) < 4.78 is 18.6. The molecule has 0 unspecified atom stereocenters. The van der Waals surface area contributed by atoms with Crippen LogP contribution in [0.1, 0.15) is 5.69 Å². The smallest absolute Gasteiger partial charge is 0.188 e. The molecule has 1 heterocycles. The summed E-state index contributed by atoms with van der Waals surface area (Å²) in [4.78, 5) is 3.91. The van der Waals surface area contributed by atoms with Gasteiger partial charge in [-0.25, -0.2) is 9.37 Å². The minimum Gasteiger partial charge on any atom is -0.453 e. The summed E-state index contributed by atoms with van der Waals surface area (Å²) in [7, 11) is 0. The maximum atomic E-state index is 13.3. The van der Waals surface area contributed by atoms with Crippen molar-refractivity contribution < 1.29 is 14.3 Å². The van der Waals surface area contributed by atoms with Crippen LogP contribution >= 0.6 is 0 Å². The molecule has 0 aliphatic carbocycles. The first-order chi connectivity index (χ1) is 8.70. The highest BCUT2D eigenvalue weighted by atomic mass is 19.1. The first-order valence-corrected chi connectivity index (χ1v) is 5.07. The van der Waals surface area contributed by atoms with Gasteiger partial charge in [-0.2, -0.15) is 0 Å². The molecule has 3 N–H and O–H groups in total. The quantitative estimate of drug-likeness (QED) is 0.376. The number of nitrogens with zero attached hydrogens (tertiary/aromatic N) is 2. The number of nitrogens with two attached hydrogens (primary N) is 1. The third kappa shape index (κ3) is 2.54. The number of amidine groups is 1. The first kappa shape index (κ1) is 11.8. The molecule has 18 heavy (non-hydrogen) atoms. The van der Waals surface area contributed by atoms with Crippen LogP contribution in [0.15, 0.2) is 47.8 Å². The zero-order valence-corrected chi connectivity index (χ0v) is 9.25. The molecule has 0 atom stereocenters. The van der Waals surface area contributed by atoms with Crippen LogP contribution in [-0.4, -0.2) is 16.0 Å². The standard InChI is InChI=1S/C12H10FN3O2/c13-9-3-1-2-4-11(9)18-8-5-6-10(15-7-8)12(14)16-17/h1-7,17H,(H2,14,16). The average Bonchev–Trinajstić information content (AvgIpc) is 2.41. The Labute approximate surface area is 102 Å². The first-order valence-electron chi connectivity index (χ1n) is 5.07. The summed E-state index contributed by atoms with van der Waals surface area (Å²) in [6, 6.07) is 9.09. The number of hydrogen-bond acceptors (Lipinski definition) is 4. The van der Waals surface area contributed by atoms with Gasteiger partial charge < -0.3 is 15.7 Å². The van der Waals surface area contributed by atoms with Crippen molar-refractivity contribution in [3.05, 3.63) is 54.1 Å². The minimum atomic E-state index is -0.460.